The lowest BCUT2D eigenvalue weighted by atomic mass is 10.0. The maximum absolute atomic E-state index is 12.7. The first-order valence-corrected chi connectivity index (χ1v) is 7.74. The van der Waals surface area contributed by atoms with Crippen molar-refractivity contribution in [2.45, 2.75) is 24.6 Å². The number of aromatic nitrogens is 1. The van der Waals surface area contributed by atoms with E-state index >= 15 is 0 Å². The first-order valence-electron chi connectivity index (χ1n) is 6.69. The molecule has 1 aromatic rings. The Bertz CT molecular complexity index is 478. The number of amides is 1. The molecule has 1 aromatic heterocycles. The van der Waals surface area contributed by atoms with Crippen LogP contribution >= 0.6 is 11.8 Å². The molecule has 2 unspecified atom stereocenters. The number of rotatable bonds is 1. The van der Waals surface area contributed by atoms with Crippen LogP contribution in [-0.4, -0.2) is 52.6 Å². The number of hydrogen-bond acceptors (Lipinski definition) is 4. The van der Waals surface area contributed by atoms with E-state index in [-0.39, 0.29) is 5.91 Å². The van der Waals surface area contributed by atoms with E-state index in [0.29, 0.717) is 11.3 Å². The molecule has 2 aliphatic rings. The lowest BCUT2D eigenvalue weighted by Crippen LogP contribution is -2.54. The lowest BCUT2D eigenvalue weighted by Gasteiger charge is -2.43. The molecule has 3 heterocycles. The van der Waals surface area contributed by atoms with Gasteiger partial charge in [-0.3, -0.25) is 9.78 Å². The molecule has 0 bridgehead atoms. The van der Waals surface area contributed by atoms with Gasteiger partial charge in [-0.15, -0.1) is 0 Å². The van der Waals surface area contributed by atoms with Gasteiger partial charge in [-0.1, -0.05) is 0 Å². The standard InChI is InChI=1S/C14H18N2O2S/c1-10-11(3-2-5-15-10)14(17)16-6-8-19-13-9-18-7-4-12(13)16/h2-3,5,12-13H,4,6-9H2,1H3. The molecule has 2 fully saturated rings. The summed E-state index contributed by atoms with van der Waals surface area (Å²) in [6, 6.07) is 4.03. The fraction of sp³-hybridized carbons (Fsp3) is 0.571. The molecule has 2 saturated heterocycles. The van der Waals surface area contributed by atoms with Crippen LogP contribution in [0.15, 0.2) is 18.3 Å². The minimum absolute atomic E-state index is 0.128. The maximum Gasteiger partial charge on any atom is 0.256 e. The highest BCUT2D eigenvalue weighted by Crippen LogP contribution is 2.31. The normalized spacial score (nSPS) is 26.9. The minimum atomic E-state index is 0.128. The lowest BCUT2D eigenvalue weighted by molar-refractivity contribution is 0.0318. The van der Waals surface area contributed by atoms with Crippen molar-refractivity contribution in [2.24, 2.45) is 0 Å². The molecule has 4 nitrogen and oxygen atoms in total. The van der Waals surface area contributed by atoms with E-state index in [1.54, 1.807) is 6.20 Å². The number of thioether (sulfide) groups is 1. The van der Waals surface area contributed by atoms with Crippen LogP contribution in [0.25, 0.3) is 0 Å². The van der Waals surface area contributed by atoms with Gasteiger partial charge in [-0.2, -0.15) is 11.8 Å². The molecule has 102 valence electrons. The third-order valence-corrected chi connectivity index (χ3v) is 5.13. The Hall–Kier alpha value is -1.07. The van der Waals surface area contributed by atoms with Crippen LogP contribution in [0.2, 0.25) is 0 Å². The van der Waals surface area contributed by atoms with Crippen molar-refractivity contribution < 1.29 is 9.53 Å². The summed E-state index contributed by atoms with van der Waals surface area (Å²) in [5, 5.41) is 0.434. The monoisotopic (exact) mass is 278 g/mol. The van der Waals surface area contributed by atoms with Crippen molar-refractivity contribution in [3.05, 3.63) is 29.6 Å². The Morgan fingerprint density at radius 1 is 1.58 bits per heavy atom. The van der Waals surface area contributed by atoms with Crippen LogP contribution in [-0.2, 0) is 4.74 Å². The second-order valence-electron chi connectivity index (χ2n) is 4.98. The van der Waals surface area contributed by atoms with E-state index in [1.807, 2.05) is 35.7 Å². The Labute approximate surface area is 117 Å². The van der Waals surface area contributed by atoms with E-state index in [1.165, 1.54) is 0 Å². The highest BCUT2D eigenvalue weighted by Gasteiger charge is 2.37. The van der Waals surface area contributed by atoms with Crippen molar-refractivity contribution >= 4 is 17.7 Å². The van der Waals surface area contributed by atoms with E-state index < -0.39 is 0 Å². The molecule has 0 radical (unpaired) electrons. The van der Waals surface area contributed by atoms with Gasteiger partial charge < -0.3 is 9.64 Å². The number of nitrogens with zero attached hydrogens (tertiary/aromatic N) is 2. The zero-order chi connectivity index (χ0) is 13.2. The second-order valence-corrected chi connectivity index (χ2v) is 6.32. The Morgan fingerprint density at radius 3 is 3.32 bits per heavy atom. The molecule has 5 heteroatoms. The largest absolute Gasteiger partial charge is 0.380 e. The van der Waals surface area contributed by atoms with Crippen LogP contribution in [0.3, 0.4) is 0 Å². The number of carbonyl (C=O) groups excluding carboxylic acids is 1. The van der Waals surface area contributed by atoms with Gasteiger partial charge in [0.1, 0.15) is 0 Å². The van der Waals surface area contributed by atoms with Gasteiger partial charge in [0.2, 0.25) is 0 Å². The fourth-order valence-electron chi connectivity index (χ4n) is 2.80. The first kappa shape index (κ1) is 12.9. The van der Waals surface area contributed by atoms with Gasteiger partial charge in [-0.25, -0.2) is 0 Å². The molecular formula is C14H18N2O2S. The van der Waals surface area contributed by atoms with E-state index in [0.717, 1.165) is 43.2 Å². The average Bonchev–Trinajstić information content (AvgIpc) is 2.46. The van der Waals surface area contributed by atoms with E-state index in [2.05, 4.69) is 4.98 Å². The van der Waals surface area contributed by atoms with Gasteiger partial charge in [0, 0.05) is 42.1 Å². The minimum Gasteiger partial charge on any atom is -0.380 e. The summed E-state index contributed by atoms with van der Waals surface area (Å²) in [6.07, 6.45) is 2.68. The van der Waals surface area contributed by atoms with Gasteiger partial charge in [0.15, 0.2) is 0 Å². The quantitative estimate of drug-likeness (QED) is 0.785. The van der Waals surface area contributed by atoms with Crippen LogP contribution in [0.5, 0.6) is 0 Å². The van der Waals surface area contributed by atoms with Crippen LogP contribution in [0.4, 0.5) is 0 Å². The molecular weight excluding hydrogens is 260 g/mol. The summed E-state index contributed by atoms with van der Waals surface area (Å²) in [5.74, 6) is 1.12. The topological polar surface area (TPSA) is 42.4 Å². The molecule has 0 N–H and O–H groups in total. The van der Waals surface area contributed by atoms with Crippen molar-refractivity contribution in [3.63, 3.8) is 0 Å². The van der Waals surface area contributed by atoms with Crippen LogP contribution in [0.1, 0.15) is 22.5 Å². The Morgan fingerprint density at radius 2 is 2.47 bits per heavy atom. The van der Waals surface area contributed by atoms with Gasteiger partial charge in [-0.05, 0) is 25.5 Å². The second kappa shape index (κ2) is 5.51. The number of carbonyl (C=O) groups is 1. The third kappa shape index (κ3) is 2.49. The van der Waals surface area contributed by atoms with Gasteiger partial charge >= 0.3 is 0 Å². The number of ether oxygens (including phenoxy) is 1. The Balaban J connectivity index is 1.84. The third-order valence-electron chi connectivity index (χ3n) is 3.83. The summed E-state index contributed by atoms with van der Waals surface area (Å²) < 4.78 is 5.53. The average molecular weight is 278 g/mol. The molecule has 0 aromatic carbocycles. The summed E-state index contributed by atoms with van der Waals surface area (Å²) in [5.41, 5.74) is 1.55. The number of fused-ring (bicyclic) bond motifs is 1. The summed E-state index contributed by atoms with van der Waals surface area (Å²) in [6.45, 7) is 4.26. The van der Waals surface area contributed by atoms with E-state index in [9.17, 15) is 4.79 Å². The van der Waals surface area contributed by atoms with Crippen LogP contribution in [0, 0.1) is 6.92 Å². The highest BCUT2D eigenvalue weighted by atomic mass is 32.2. The summed E-state index contributed by atoms with van der Waals surface area (Å²) >= 11 is 1.93. The zero-order valence-electron chi connectivity index (χ0n) is 11.0. The molecule has 3 rings (SSSR count). The predicted molar refractivity (Wildman–Crippen MR) is 75.5 cm³/mol. The van der Waals surface area contributed by atoms with Gasteiger partial charge in [0.25, 0.3) is 5.91 Å². The summed E-state index contributed by atoms with van der Waals surface area (Å²) in [4.78, 5) is 19.0. The smallest absolute Gasteiger partial charge is 0.256 e. The zero-order valence-corrected chi connectivity index (χ0v) is 11.9. The van der Waals surface area contributed by atoms with Crippen molar-refractivity contribution in [1.82, 2.24) is 9.88 Å². The molecule has 1 amide bonds. The van der Waals surface area contributed by atoms with Gasteiger partial charge in [0.05, 0.1) is 12.2 Å². The van der Waals surface area contributed by atoms with Crippen molar-refractivity contribution in [2.75, 3.05) is 25.5 Å². The highest BCUT2D eigenvalue weighted by molar-refractivity contribution is 8.00. The molecule has 0 spiro atoms. The molecule has 19 heavy (non-hydrogen) atoms. The predicted octanol–water partition coefficient (Wildman–Crippen LogP) is 1.74. The maximum atomic E-state index is 12.7. The summed E-state index contributed by atoms with van der Waals surface area (Å²) in [7, 11) is 0. The fourth-order valence-corrected chi connectivity index (χ4v) is 4.10. The van der Waals surface area contributed by atoms with Crippen molar-refractivity contribution in [3.8, 4) is 0 Å². The van der Waals surface area contributed by atoms with E-state index in [4.69, 9.17) is 4.74 Å². The SMILES string of the molecule is Cc1ncccc1C(=O)N1CCSC2COCCC21. The molecule has 2 atom stereocenters. The van der Waals surface area contributed by atoms with Crippen molar-refractivity contribution in [1.29, 1.82) is 0 Å². The number of hydrogen-bond donors (Lipinski definition) is 0. The van der Waals surface area contributed by atoms with Crippen LogP contribution < -0.4 is 0 Å². The molecule has 0 aliphatic carbocycles. The Kier molecular flexibility index (Phi) is 3.75. The molecule has 2 aliphatic heterocycles. The first-order chi connectivity index (χ1) is 9.27. The number of pyridine rings is 1. The molecule has 0 saturated carbocycles. The number of aryl methyl sites for hydroxylation is 1.